The lowest BCUT2D eigenvalue weighted by Gasteiger charge is -2.18. The van der Waals surface area contributed by atoms with Crippen LogP contribution < -0.4 is 10.1 Å². The molecule has 128 valence electrons. The predicted molar refractivity (Wildman–Crippen MR) is 90.9 cm³/mol. The van der Waals surface area contributed by atoms with Gasteiger partial charge in [-0.2, -0.15) is 0 Å². The summed E-state index contributed by atoms with van der Waals surface area (Å²) < 4.78 is 10.2. The number of nitrogens with one attached hydrogen (secondary N) is 1. The van der Waals surface area contributed by atoms with Gasteiger partial charge in [-0.1, -0.05) is 11.3 Å². The number of nitrogens with zero attached hydrogens (tertiary/aromatic N) is 1. The smallest absolute Gasteiger partial charge is 0.413 e. The summed E-state index contributed by atoms with van der Waals surface area (Å²) in [4.78, 5) is 27.6. The zero-order valence-corrected chi connectivity index (χ0v) is 14.6. The summed E-state index contributed by atoms with van der Waals surface area (Å²) in [7, 11) is 1.55. The quantitative estimate of drug-likeness (QED) is 0.869. The number of thiazole rings is 1. The van der Waals surface area contributed by atoms with Crippen LogP contribution in [0.15, 0.2) is 24.3 Å². The summed E-state index contributed by atoms with van der Waals surface area (Å²) in [5.41, 5.74) is -0.116. The second-order valence-electron chi connectivity index (χ2n) is 5.86. The second kappa shape index (κ2) is 6.88. The average molecular weight is 350 g/mol. The van der Waals surface area contributed by atoms with Gasteiger partial charge in [0.25, 0.3) is 0 Å². The molecule has 0 spiro atoms. The first kappa shape index (κ1) is 17.7. The summed E-state index contributed by atoms with van der Waals surface area (Å²) >= 11 is 1.06. The molecular weight excluding hydrogens is 332 g/mol. The van der Waals surface area contributed by atoms with Crippen molar-refractivity contribution in [2.24, 2.45) is 0 Å². The van der Waals surface area contributed by atoms with Gasteiger partial charge in [-0.3, -0.25) is 5.32 Å². The van der Waals surface area contributed by atoms with Crippen molar-refractivity contribution >= 4 is 28.5 Å². The monoisotopic (exact) mass is 350 g/mol. The highest BCUT2D eigenvalue weighted by atomic mass is 32.1. The van der Waals surface area contributed by atoms with E-state index in [9.17, 15) is 14.7 Å². The molecule has 0 aliphatic rings. The van der Waals surface area contributed by atoms with Gasteiger partial charge in [0.15, 0.2) is 10.8 Å². The Bertz CT molecular complexity index is 747. The molecule has 0 saturated carbocycles. The maximum Gasteiger partial charge on any atom is 0.413 e. The van der Waals surface area contributed by atoms with E-state index in [1.54, 1.807) is 52.1 Å². The first-order chi connectivity index (χ1) is 11.2. The maximum atomic E-state index is 11.8. The van der Waals surface area contributed by atoms with E-state index in [4.69, 9.17) is 9.47 Å². The summed E-state index contributed by atoms with van der Waals surface area (Å²) in [6.45, 7) is 5.21. The number of benzene rings is 1. The van der Waals surface area contributed by atoms with Gasteiger partial charge in [0.1, 0.15) is 11.4 Å². The molecule has 2 aromatic rings. The van der Waals surface area contributed by atoms with Crippen molar-refractivity contribution < 1.29 is 24.2 Å². The number of anilines is 1. The van der Waals surface area contributed by atoms with Crippen LogP contribution in [-0.2, 0) is 4.74 Å². The molecule has 0 atom stereocenters. The molecule has 2 rings (SSSR count). The normalized spacial score (nSPS) is 11.0. The number of ether oxygens (including phenoxy) is 2. The molecule has 2 N–H and O–H groups in total. The highest BCUT2D eigenvalue weighted by Gasteiger charge is 2.22. The molecule has 0 radical (unpaired) electrons. The molecule has 0 aliphatic carbocycles. The van der Waals surface area contributed by atoms with Crippen molar-refractivity contribution in [3.63, 3.8) is 0 Å². The van der Waals surface area contributed by atoms with Crippen LogP contribution in [0.1, 0.15) is 31.3 Å². The fraction of sp³-hybridized carbons (Fsp3) is 0.312. The molecule has 1 amide bonds. The maximum absolute atomic E-state index is 11.8. The Morgan fingerprint density at radius 2 is 1.83 bits per heavy atom. The van der Waals surface area contributed by atoms with E-state index in [2.05, 4.69) is 10.3 Å². The number of aromatic nitrogens is 1. The number of methoxy groups -OCH3 is 1. The van der Waals surface area contributed by atoms with Crippen molar-refractivity contribution in [1.82, 2.24) is 4.98 Å². The van der Waals surface area contributed by atoms with Gasteiger partial charge in [-0.15, -0.1) is 0 Å². The zero-order valence-electron chi connectivity index (χ0n) is 13.7. The van der Waals surface area contributed by atoms with Gasteiger partial charge in [-0.25, -0.2) is 14.6 Å². The van der Waals surface area contributed by atoms with Gasteiger partial charge >= 0.3 is 12.1 Å². The van der Waals surface area contributed by atoms with Crippen molar-refractivity contribution in [1.29, 1.82) is 0 Å². The van der Waals surface area contributed by atoms with Gasteiger partial charge < -0.3 is 14.6 Å². The summed E-state index contributed by atoms with van der Waals surface area (Å²) in [5, 5.41) is 12.0. The third-order valence-electron chi connectivity index (χ3n) is 2.79. The van der Waals surface area contributed by atoms with Crippen LogP contribution in [0.2, 0.25) is 0 Å². The van der Waals surface area contributed by atoms with E-state index < -0.39 is 17.7 Å². The number of aromatic carboxylic acids is 1. The highest BCUT2D eigenvalue weighted by molar-refractivity contribution is 7.19. The second-order valence-corrected chi connectivity index (χ2v) is 6.86. The van der Waals surface area contributed by atoms with Crippen molar-refractivity contribution in [3.05, 3.63) is 30.0 Å². The fourth-order valence-corrected chi connectivity index (χ4v) is 2.80. The molecule has 7 nitrogen and oxygen atoms in total. The number of carboxylic acids is 1. The average Bonchev–Trinajstić information content (AvgIpc) is 2.89. The van der Waals surface area contributed by atoms with Crippen LogP contribution in [0, 0.1) is 0 Å². The van der Waals surface area contributed by atoms with Gasteiger partial charge in [0.05, 0.1) is 12.0 Å². The molecule has 24 heavy (non-hydrogen) atoms. The van der Waals surface area contributed by atoms with Crippen LogP contribution in [0.4, 0.5) is 9.93 Å². The Hall–Kier alpha value is -2.61. The molecule has 1 aromatic carbocycles. The van der Waals surface area contributed by atoms with Gasteiger partial charge in [0.2, 0.25) is 0 Å². The number of rotatable bonds is 4. The van der Waals surface area contributed by atoms with Gasteiger partial charge in [-0.05, 0) is 50.6 Å². The Labute approximate surface area is 143 Å². The number of carbonyl (C=O) groups is 2. The number of carbonyl (C=O) groups excluding carboxylic acids is 1. The molecule has 1 heterocycles. The third-order valence-corrected chi connectivity index (χ3v) is 3.81. The summed E-state index contributed by atoms with van der Waals surface area (Å²) in [6, 6.07) is 6.91. The minimum atomic E-state index is -1.17. The number of carboxylic acid groups (broad SMARTS) is 1. The lowest BCUT2D eigenvalue weighted by atomic mass is 10.1. The molecule has 1 aromatic heterocycles. The Balaban J connectivity index is 2.29. The molecular formula is C16H18N2O5S. The van der Waals surface area contributed by atoms with Crippen molar-refractivity contribution in [3.8, 4) is 16.2 Å². The lowest BCUT2D eigenvalue weighted by molar-refractivity contribution is 0.0632. The first-order valence-electron chi connectivity index (χ1n) is 7.08. The van der Waals surface area contributed by atoms with Crippen molar-refractivity contribution in [2.75, 3.05) is 12.4 Å². The third kappa shape index (κ3) is 4.45. The molecule has 0 saturated heterocycles. The Morgan fingerprint density at radius 1 is 1.21 bits per heavy atom. The topological polar surface area (TPSA) is 97.8 Å². The fourth-order valence-electron chi connectivity index (χ4n) is 1.85. The lowest BCUT2D eigenvalue weighted by Crippen LogP contribution is -2.27. The SMILES string of the molecule is COc1ccc(-c2sc(NC(=O)OC(C)(C)C)nc2C(=O)O)cc1. The molecule has 0 unspecified atom stereocenters. The van der Waals surface area contributed by atoms with E-state index >= 15 is 0 Å². The molecule has 0 bridgehead atoms. The Morgan fingerprint density at radius 3 is 2.33 bits per heavy atom. The zero-order chi connectivity index (χ0) is 17.9. The van der Waals surface area contributed by atoms with E-state index in [1.807, 2.05) is 0 Å². The predicted octanol–water partition coefficient (Wildman–Crippen LogP) is 3.86. The minimum Gasteiger partial charge on any atom is -0.497 e. The highest BCUT2D eigenvalue weighted by Crippen LogP contribution is 2.34. The van der Waals surface area contributed by atoms with Crippen LogP contribution in [0.5, 0.6) is 5.75 Å². The summed E-state index contributed by atoms with van der Waals surface area (Å²) in [6.07, 6.45) is -0.686. The van der Waals surface area contributed by atoms with E-state index in [0.29, 0.717) is 16.2 Å². The summed E-state index contributed by atoms with van der Waals surface area (Å²) in [5.74, 6) is -0.512. The standard InChI is InChI=1S/C16H18N2O5S/c1-16(2,3)23-15(21)18-14-17-11(13(19)20)12(24-14)9-5-7-10(22-4)8-6-9/h5-8H,1-4H3,(H,19,20)(H,17,18,21). The van der Waals surface area contributed by atoms with Crippen molar-refractivity contribution in [2.45, 2.75) is 26.4 Å². The van der Waals surface area contributed by atoms with Crippen LogP contribution in [-0.4, -0.2) is 34.9 Å². The number of amides is 1. The number of hydrogen-bond acceptors (Lipinski definition) is 6. The van der Waals surface area contributed by atoms with E-state index in [0.717, 1.165) is 11.3 Å². The molecule has 0 fully saturated rings. The largest absolute Gasteiger partial charge is 0.497 e. The molecule has 8 heteroatoms. The number of hydrogen-bond donors (Lipinski definition) is 2. The van der Waals surface area contributed by atoms with Crippen LogP contribution >= 0.6 is 11.3 Å². The van der Waals surface area contributed by atoms with Crippen LogP contribution in [0.25, 0.3) is 10.4 Å². The van der Waals surface area contributed by atoms with E-state index in [-0.39, 0.29) is 10.8 Å². The first-order valence-corrected chi connectivity index (χ1v) is 7.90. The molecule has 0 aliphatic heterocycles. The van der Waals surface area contributed by atoms with Gasteiger partial charge in [0, 0.05) is 0 Å². The van der Waals surface area contributed by atoms with Crippen LogP contribution in [0.3, 0.4) is 0 Å². The Kier molecular flexibility index (Phi) is 5.08. The van der Waals surface area contributed by atoms with E-state index in [1.165, 1.54) is 0 Å². The minimum absolute atomic E-state index is 0.128.